The summed E-state index contributed by atoms with van der Waals surface area (Å²) in [4.78, 5) is 65.9. The second-order valence-electron chi connectivity index (χ2n) is 32.8. The maximum Gasteiger partial charge on any atom is 0.364 e. The Morgan fingerprint density at radius 3 is 1.31 bits per heavy atom. The lowest BCUT2D eigenvalue weighted by Crippen LogP contribution is -2.72. The van der Waals surface area contributed by atoms with Crippen molar-refractivity contribution in [3.63, 3.8) is 0 Å². The first-order valence-corrected chi connectivity index (χ1v) is 43.6. The molecule has 40 heteroatoms. The first-order valence-electron chi connectivity index (χ1n) is 43.6. The predicted octanol–water partition coefficient (Wildman–Crippen LogP) is -3.07. The van der Waals surface area contributed by atoms with Gasteiger partial charge >= 0.3 is 5.97 Å². The fraction of sp³-hybridized carbons (Fsp3) is 0.914. The summed E-state index contributed by atoms with van der Waals surface area (Å²) in [5.41, 5.74) is 0. The van der Waals surface area contributed by atoms with Crippen LogP contribution < -0.4 is 21.3 Å². The molecule has 6 saturated heterocycles. The molecule has 121 heavy (non-hydrogen) atoms. The number of carbonyl (C=O) groups excluding carboxylic acids is 4. The predicted molar refractivity (Wildman–Crippen MR) is 423 cm³/mol. The van der Waals surface area contributed by atoms with E-state index in [0.29, 0.717) is 12.8 Å². The molecule has 0 radical (unpaired) electrons. The number of unbranched alkanes of at least 4 members (excludes halogenated alkanes) is 25. The number of hydrogen-bond acceptors (Lipinski definition) is 35. The third-order valence-electron chi connectivity index (χ3n) is 23.1. The molecule has 6 heterocycles. The Balaban J connectivity index is 1.26. The third-order valence-corrected chi connectivity index (χ3v) is 23.1. The summed E-state index contributed by atoms with van der Waals surface area (Å²) in [6.07, 6.45) is -26.3. The Kier molecular flexibility index (Phi) is 48.0. The van der Waals surface area contributed by atoms with Crippen LogP contribution in [0.4, 0.5) is 0 Å². The van der Waals surface area contributed by atoms with E-state index in [1.165, 1.54) is 102 Å². The van der Waals surface area contributed by atoms with Crippen LogP contribution in [0.5, 0.6) is 0 Å². The zero-order valence-corrected chi connectivity index (χ0v) is 70.5. The van der Waals surface area contributed by atoms with Crippen LogP contribution in [-0.4, -0.2) is 375 Å². The smallest absolute Gasteiger partial charge is 0.364 e. The molecular weight excluding hydrogens is 1600 g/mol. The van der Waals surface area contributed by atoms with Crippen LogP contribution in [0.3, 0.4) is 0 Å². The number of ether oxygens (including phenoxy) is 12. The number of carboxylic acids is 1. The van der Waals surface area contributed by atoms with E-state index in [0.717, 1.165) is 85.0 Å². The monoisotopic (exact) mass is 1750 g/mol. The van der Waals surface area contributed by atoms with Crippen molar-refractivity contribution in [3.8, 4) is 0 Å². The van der Waals surface area contributed by atoms with E-state index in [9.17, 15) is 121 Å². The molecule has 40 nitrogen and oxygen atoms in total. The molecule has 0 aromatic rings. The molecule has 6 rings (SSSR count). The largest absolute Gasteiger partial charge is 0.477 e. The minimum Gasteiger partial charge on any atom is -0.477 e. The molecule has 6 fully saturated rings. The summed E-state index contributed by atoms with van der Waals surface area (Å²) < 4.78 is 72.5. The van der Waals surface area contributed by atoms with Gasteiger partial charge in [-0.05, 0) is 19.3 Å². The van der Waals surface area contributed by atoms with Gasteiger partial charge in [-0.15, -0.1) is 0 Å². The van der Waals surface area contributed by atoms with Crippen molar-refractivity contribution in [1.29, 1.82) is 0 Å². The van der Waals surface area contributed by atoms with Crippen molar-refractivity contribution in [3.05, 3.63) is 12.2 Å². The van der Waals surface area contributed by atoms with Gasteiger partial charge in [0, 0.05) is 33.6 Å². The summed E-state index contributed by atoms with van der Waals surface area (Å²) in [7, 11) is 0. The quantitative estimate of drug-likeness (QED) is 0.0212. The van der Waals surface area contributed by atoms with Gasteiger partial charge in [0.2, 0.25) is 23.6 Å². The van der Waals surface area contributed by atoms with Crippen molar-refractivity contribution >= 4 is 29.6 Å². The van der Waals surface area contributed by atoms with Crippen LogP contribution in [0.1, 0.15) is 221 Å². The lowest BCUT2D eigenvalue weighted by atomic mass is 9.88. The molecular formula is C81H144N4O36. The second-order valence-corrected chi connectivity index (χ2v) is 32.8. The number of carbonyl (C=O) groups is 5. The molecule has 4 amide bonds. The van der Waals surface area contributed by atoms with Gasteiger partial charge in [-0.25, -0.2) is 4.79 Å². The maximum absolute atomic E-state index is 14.0. The summed E-state index contributed by atoms with van der Waals surface area (Å²) in [5.74, 6) is -8.70. The van der Waals surface area contributed by atoms with E-state index in [1.807, 2.05) is 0 Å². The Labute approximate surface area is 707 Å². The number of allylic oxidation sites excluding steroid dienone is 1. The lowest BCUT2D eigenvalue weighted by molar-refractivity contribution is -0.404. The summed E-state index contributed by atoms with van der Waals surface area (Å²) >= 11 is 0. The molecule has 0 spiro atoms. The summed E-state index contributed by atoms with van der Waals surface area (Å²) in [6.45, 7) is -0.00504. The topological polar surface area (TPSA) is 629 Å². The number of aliphatic carboxylic acids is 1. The first-order chi connectivity index (χ1) is 57.9. The van der Waals surface area contributed by atoms with Crippen LogP contribution in [0, 0.1) is 0 Å². The Morgan fingerprint density at radius 1 is 0.430 bits per heavy atom. The van der Waals surface area contributed by atoms with Gasteiger partial charge in [0.25, 0.3) is 5.79 Å². The Hall–Kier alpha value is -4.11. The molecule has 6 aliphatic rings. The van der Waals surface area contributed by atoms with E-state index in [2.05, 4.69) is 35.1 Å². The van der Waals surface area contributed by atoms with E-state index < -0.39 is 284 Å². The maximum atomic E-state index is 14.0. The third kappa shape index (κ3) is 31.7. The SMILES string of the molecule is CCCCCCCCCCCCC/C=C/[C@@H](O)[C@H](CO[C@@H]1OC(CO)[C@@H](O[C@@H]2OC(CO)[C@H](O[C@@H]3OC(CO)[C@H](O)[C@H](O[C@@H]4OC(CO)[C@H](O[C@@H]5OC(CO)[C@H](O)[C@H](O)C5NC(C)=O)[C@H](O)C4O)C3NC(C)=O)[C@H](O[C@]3(C(=O)O)CC(O)[C@@H](NC(C)=O)C([C@H](O)[C@H](O)CO)O3)C2O)[C@H](O)C1O)NC(=O)CCCCCCCCCCCCCCCCC. The summed E-state index contributed by atoms with van der Waals surface area (Å²) in [5, 5.41) is 225. The minimum atomic E-state index is -3.44. The average molecular weight is 1750 g/mol. The molecule has 0 saturated carbocycles. The number of rotatable bonds is 56. The summed E-state index contributed by atoms with van der Waals surface area (Å²) in [6, 6.07) is -6.62. The van der Waals surface area contributed by atoms with Crippen molar-refractivity contribution in [2.75, 3.05) is 46.2 Å². The van der Waals surface area contributed by atoms with Gasteiger partial charge in [0.1, 0.15) is 140 Å². The molecule has 12 unspecified atom stereocenters. The second kappa shape index (κ2) is 54.9. The van der Waals surface area contributed by atoms with Gasteiger partial charge in [-0.3, -0.25) is 19.2 Å². The van der Waals surface area contributed by atoms with Gasteiger partial charge in [0.15, 0.2) is 31.5 Å². The fourth-order valence-corrected chi connectivity index (χ4v) is 16.2. The van der Waals surface area contributed by atoms with Crippen molar-refractivity contribution < 1.29 is 178 Å². The number of carboxylic acid groups (broad SMARTS) is 1. The van der Waals surface area contributed by atoms with Gasteiger partial charge in [0.05, 0.1) is 70.5 Å². The molecule has 0 aromatic heterocycles. The standard InChI is InChI=1S/C81H144N4O36/c1-6-8-10-12-14-16-18-20-21-23-25-27-29-31-33-35-56(98)85-47(48(95)34-32-30-28-26-24-22-19-17-15-13-11-9-7-2)43-110-77-66(105)64(103)70(53(40-89)113-77)117-79-68(107)74(121-81(80(108)109)36-49(96)57(82-44(3)92)73(120-81)60(99)50(97)37-86)71(55(42-91)115-79)118-76-59(84-46(5)94)72(62(101)52(39-88)112-76)119-78-67(106)65(104)69(54(41-90)114-78)116-75-58(83-45(4)93)63(102)61(100)51(38-87)111-75/h32,34,47-55,57-79,86-91,95-97,99-107H,6-31,33,35-43H2,1-5H3,(H,82,92)(H,83,93)(H,84,94)(H,85,98)(H,108,109)/b34-32+/t47-,48+,49?,50+,51?,52?,53?,54?,55?,57+,58?,59?,60+,61-,62-,63+,64+,65+,66?,67?,68?,69-,70+,71-,72+,73?,74+,75-,76-,77+,78-,79-,81-/m0/s1. The van der Waals surface area contributed by atoms with E-state index in [-0.39, 0.29) is 6.42 Å². The molecule has 33 atom stereocenters. The normalized spacial score (nSPS) is 35.8. The van der Waals surface area contributed by atoms with E-state index in [1.54, 1.807) is 6.08 Å². The van der Waals surface area contributed by atoms with E-state index >= 15 is 0 Å². The van der Waals surface area contributed by atoms with Gasteiger partial charge in [-0.2, -0.15) is 0 Å². The van der Waals surface area contributed by atoms with E-state index in [4.69, 9.17) is 56.8 Å². The highest BCUT2D eigenvalue weighted by Gasteiger charge is 2.63. The first kappa shape index (κ1) is 106. The molecule has 704 valence electrons. The average Bonchev–Trinajstić information content (AvgIpc) is 0.748. The fourth-order valence-electron chi connectivity index (χ4n) is 16.2. The Morgan fingerprint density at radius 2 is 0.826 bits per heavy atom. The molecule has 0 bridgehead atoms. The lowest BCUT2D eigenvalue weighted by Gasteiger charge is -2.53. The highest BCUT2D eigenvalue weighted by Crippen LogP contribution is 2.42. The van der Waals surface area contributed by atoms with Crippen molar-refractivity contribution in [1.82, 2.24) is 21.3 Å². The number of aliphatic hydroxyl groups is 18. The van der Waals surface area contributed by atoms with Crippen LogP contribution in [0.25, 0.3) is 0 Å². The number of aliphatic hydroxyl groups excluding tert-OH is 18. The molecule has 23 N–H and O–H groups in total. The van der Waals surface area contributed by atoms with Crippen molar-refractivity contribution in [2.45, 2.75) is 423 Å². The highest BCUT2D eigenvalue weighted by molar-refractivity contribution is 5.77. The van der Waals surface area contributed by atoms with Crippen LogP contribution in [-0.2, 0) is 80.8 Å². The minimum absolute atomic E-state index is 0.114. The number of amides is 4. The molecule has 0 aromatic carbocycles. The zero-order chi connectivity index (χ0) is 89.0. The number of nitrogens with one attached hydrogen (secondary N) is 4. The van der Waals surface area contributed by atoms with Crippen molar-refractivity contribution in [2.24, 2.45) is 0 Å². The zero-order valence-electron chi connectivity index (χ0n) is 70.5. The van der Waals surface area contributed by atoms with Crippen LogP contribution in [0.15, 0.2) is 12.2 Å². The van der Waals surface area contributed by atoms with Gasteiger partial charge < -0.3 is 175 Å². The Bertz CT molecular complexity index is 2960. The van der Waals surface area contributed by atoms with Crippen LogP contribution >= 0.6 is 0 Å². The number of hydrogen-bond donors (Lipinski definition) is 23. The highest BCUT2D eigenvalue weighted by atomic mass is 16.8. The van der Waals surface area contributed by atoms with Crippen LogP contribution in [0.2, 0.25) is 0 Å². The molecule has 0 aliphatic carbocycles. The molecule has 6 aliphatic heterocycles. The van der Waals surface area contributed by atoms with Gasteiger partial charge in [-0.1, -0.05) is 180 Å².